The summed E-state index contributed by atoms with van der Waals surface area (Å²) < 4.78 is 11.4. The quantitative estimate of drug-likeness (QED) is 0.249. The summed E-state index contributed by atoms with van der Waals surface area (Å²) in [6.45, 7) is 5.70. The molecule has 176 valence electrons. The van der Waals surface area contributed by atoms with Gasteiger partial charge in [-0.2, -0.15) is 5.26 Å². The first kappa shape index (κ1) is 25.1. The van der Waals surface area contributed by atoms with Crippen molar-refractivity contribution < 1.29 is 9.47 Å². The van der Waals surface area contributed by atoms with Gasteiger partial charge in [0.1, 0.15) is 17.5 Å². The van der Waals surface area contributed by atoms with Gasteiger partial charge in [0.25, 0.3) is 0 Å². The van der Waals surface area contributed by atoms with E-state index in [-0.39, 0.29) is 18.4 Å². The van der Waals surface area contributed by atoms with Crippen LogP contribution in [0.3, 0.4) is 0 Å². The molecule has 5 nitrogen and oxygen atoms in total. The number of terminal acetylenes is 1. The van der Waals surface area contributed by atoms with Crippen molar-refractivity contribution in [2.75, 3.05) is 13.2 Å². The third-order valence-corrected chi connectivity index (χ3v) is 5.78. The number of H-pyrrole nitrogens is 1. The van der Waals surface area contributed by atoms with Crippen LogP contribution in [0.5, 0.6) is 0 Å². The van der Waals surface area contributed by atoms with Crippen LogP contribution in [0, 0.1) is 23.7 Å². The summed E-state index contributed by atoms with van der Waals surface area (Å²) in [7, 11) is 0. The second-order valence-electron chi connectivity index (χ2n) is 8.36. The zero-order valence-corrected chi connectivity index (χ0v) is 20.1. The number of aromatic nitrogens is 2. The largest absolute Gasteiger partial charge is 0.494 e. The Balaban J connectivity index is 1.78. The van der Waals surface area contributed by atoms with Crippen molar-refractivity contribution in [2.24, 2.45) is 0 Å². The van der Waals surface area contributed by atoms with Gasteiger partial charge >= 0.3 is 0 Å². The second-order valence-corrected chi connectivity index (χ2v) is 8.36. The second kappa shape index (κ2) is 13.2. The van der Waals surface area contributed by atoms with Crippen molar-refractivity contribution in [1.29, 1.82) is 5.26 Å². The Bertz CT molecular complexity index is 1150. The molecule has 1 saturated heterocycles. The first-order valence-electron chi connectivity index (χ1n) is 12.0. The van der Waals surface area contributed by atoms with Crippen molar-refractivity contribution in [3.63, 3.8) is 0 Å². The van der Waals surface area contributed by atoms with E-state index in [1.165, 1.54) is 0 Å². The van der Waals surface area contributed by atoms with E-state index in [0.29, 0.717) is 19.0 Å². The molecule has 2 aromatic heterocycles. The summed E-state index contributed by atoms with van der Waals surface area (Å²) in [5.74, 6) is 3.61. The molecule has 0 spiro atoms. The van der Waals surface area contributed by atoms with Crippen LogP contribution < -0.4 is 0 Å². The maximum Gasteiger partial charge on any atom is 0.138 e. The summed E-state index contributed by atoms with van der Waals surface area (Å²) in [5.41, 5.74) is 3.65. The monoisotopic (exact) mass is 455 g/mol. The minimum atomic E-state index is 0.118. The highest BCUT2D eigenvalue weighted by atomic mass is 16.5. The maximum absolute atomic E-state index is 9.17. The molecule has 0 amide bonds. The van der Waals surface area contributed by atoms with Gasteiger partial charge in [-0.1, -0.05) is 50.5 Å². The molecule has 5 heteroatoms. The van der Waals surface area contributed by atoms with Gasteiger partial charge in [0.2, 0.25) is 0 Å². The molecule has 0 aliphatic carbocycles. The van der Waals surface area contributed by atoms with Gasteiger partial charge in [0, 0.05) is 35.9 Å². The predicted molar refractivity (Wildman–Crippen MR) is 138 cm³/mol. The van der Waals surface area contributed by atoms with Gasteiger partial charge < -0.3 is 14.5 Å². The third-order valence-electron chi connectivity index (χ3n) is 5.78. The predicted octanol–water partition coefficient (Wildman–Crippen LogP) is 6.59. The van der Waals surface area contributed by atoms with Crippen LogP contribution in [0.15, 0.2) is 60.5 Å². The lowest BCUT2D eigenvalue weighted by molar-refractivity contribution is -0.00475. The number of hydrogen-bond donors (Lipinski definition) is 1. The molecule has 0 radical (unpaired) electrons. The SMILES string of the molecule is C#C/C(=C\C=C/CCC)c1cc2c(C(C)C=C/C=C(\CC#N)OC3CCOCC3)ccnc2[nH]1. The van der Waals surface area contributed by atoms with Gasteiger partial charge in [-0.3, -0.25) is 0 Å². The van der Waals surface area contributed by atoms with Gasteiger partial charge in [-0.25, -0.2) is 4.98 Å². The molecular weight excluding hydrogens is 422 g/mol. The molecule has 1 N–H and O–H groups in total. The molecule has 1 unspecified atom stereocenters. The fourth-order valence-corrected chi connectivity index (χ4v) is 3.89. The molecule has 3 rings (SSSR count). The van der Waals surface area contributed by atoms with Crippen molar-refractivity contribution >= 4 is 16.6 Å². The van der Waals surface area contributed by atoms with E-state index in [2.05, 4.69) is 54.0 Å². The van der Waals surface area contributed by atoms with E-state index >= 15 is 0 Å². The van der Waals surface area contributed by atoms with Gasteiger partial charge in [0.05, 0.1) is 31.4 Å². The molecule has 0 aromatic carbocycles. The van der Waals surface area contributed by atoms with Crippen molar-refractivity contribution in [1.82, 2.24) is 9.97 Å². The van der Waals surface area contributed by atoms with Crippen LogP contribution >= 0.6 is 0 Å². The number of allylic oxidation sites excluding steroid dienone is 8. The number of rotatable bonds is 10. The lowest BCUT2D eigenvalue weighted by Crippen LogP contribution is -2.23. The minimum Gasteiger partial charge on any atom is -0.494 e. The number of nitrogens with zero attached hydrogens (tertiary/aromatic N) is 2. The Morgan fingerprint density at radius 2 is 2.18 bits per heavy atom. The van der Waals surface area contributed by atoms with Crippen LogP contribution in [-0.2, 0) is 9.47 Å². The molecule has 34 heavy (non-hydrogen) atoms. The first-order chi connectivity index (χ1) is 16.7. The molecule has 2 aromatic rings. The van der Waals surface area contributed by atoms with Crippen LogP contribution in [0.4, 0.5) is 0 Å². The van der Waals surface area contributed by atoms with E-state index in [9.17, 15) is 0 Å². The summed E-state index contributed by atoms with van der Waals surface area (Å²) in [6.07, 6.45) is 23.9. The molecule has 3 heterocycles. The van der Waals surface area contributed by atoms with E-state index in [1.807, 2.05) is 36.6 Å². The highest BCUT2D eigenvalue weighted by Crippen LogP contribution is 2.28. The van der Waals surface area contributed by atoms with Crippen molar-refractivity contribution in [2.45, 2.75) is 58.0 Å². The van der Waals surface area contributed by atoms with E-state index in [1.54, 1.807) is 0 Å². The van der Waals surface area contributed by atoms with E-state index in [0.717, 1.165) is 53.5 Å². The molecule has 1 fully saturated rings. The van der Waals surface area contributed by atoms with E-state index < -0.39 is 0 Å². The topological polar surface area (TPSA) is 70.9 Å². The molecule has 0 saturated carbocycles. The first-order valence-corrected chi connectivity index (χ1v) is 12.0. The van der Waals surface area contributed by atoms with Crippen molar-refractivity contribution in [3.8, 4) is 18.4 Å². The highest BCUT2D eigenvalue weighted by Gasteiger charge is 2.16. The van der Waals surface area contributed by atoms with Gasteiger partial charge in [-0.15, -0.1) is 6.42 Å². The van der Waals surface area contributed by atoms with Crippen LogP contribution in [-0.4, -0.2) is 29.3 Å². The normalized spacial score (nSPS) is 16.7. The number of fused-ring (bicyclic) bond motifs is 1. The lowest BCUT2D eigenvalue weighted by atomic mass is 9.98. The molecular formula is C29H33N3O2. The van der Waals surface area contributed by atoms with Crippen molar-refractivity contribution in [3.05, 3.63) is 71.8 Å². The van der Waals surface area contributed by atoms with Gasteiger partial charge in [-0.05, 0) is 36.3 Å². The Morgan fingerprint density at radius 1 is 1.35 bits per heavy atom. The molecule has 1 aliphatic heterocycles. The van der Waals surface area contributed by atoms with Crippen LogP contribution in [0.2, 0.25) is 0 Å². The van der Waals surface area contributed by atoms with E-state index in [4.69, 9.17) is 21.2 Å². The lowest BCUT2D eigenvalue weighted by Gasteiger charge is -2.24. The summed E-state index contributed by atoms with van der Waals surface area (Å²) in [5, 5.41) is 10.2. The smallest absolute Gasteiger partial charge is 0.138 e. The zero-order chi connectivity index (χ0) is 24.2. The average Bonchev–Trinajstić information content (AvgIpc) is 3.29. The number of unbranched alkanes of at least 4 members (excludes halogenated alkanes) is 1. The average molecular weight is 456 g/mol. The zero-order valence-electron chi connectivity index (χ0n) is 20.1. The molecule has 1 atom stereocenters. The Kier molecular flexibility index (Phi) is 9.77. The maximum atomic E-state index is 9.17. The Labute approximate surface area is 202 Å². The summed E-state index contributed by atoms with van der Waals surface area (Å²) in [4.78, 5) is 7.86. The molecule has 0 bridgehead atoms. The fraction of sp³-hybridized carbons (Fsp3) is 0.379. The third kappa shape index (κ3) is 6.98. The number of nitrogens with one attached hydrogen (secondary N) is 1. The van der Waals surface area contributed by atoms with Crippen LogP contribution in [0.1, 0.15) is 63.1 Å². The fourth-order valence-electron chi connectivity index (χ4n) is 3.89. The minimum absolute atomic E-state index is 0.118. The number of aromatic amines is 1. The number of pyridine rings is 1. The highest BCUT2D eigenvalue weighted by molar-refractivity contribution is 5.88. The number of ether oxygens (including phenoxy) is 2. The summed E-state index contributed by atoms with van der Waals surface area (Å²) in [6, 6.07) is 6.31. The van der Waals surface area contributed by atoms with Gasteiger partial charge in [0.15, 0.2) is 0 Å². The molecule has 1 aliphatic rings. The number of hydrogen-bond acceptors (Lipinski definition) is 4. The summed E-state index contributed by atoms with van der Waals surface area (Å²) >= 11 is 0. The Morgan fingerprint density at radius 3 is 2.91 bits per heavy atom. The Hall–Kier alpha value is -3.54. The standard InChI is InChI=1S/C29H33N3O2/c1-4-6-7-8-11-23(5-2)28-21-27-26(14-18-31-29(27)32-28)22(3)10-9-12-24(13-17-30)34-25-15-19-33-20-16-25/h2,7-12,14,18,21-22,25H,4,6,13,15-16,19-20H2,1,3H3,(H,31,32)/b8-7-,10-9?,23-11+,24-12+. The van der Waals surface area contributed by atoms with Crippen LogP contribution in [0.25, 0.3) is 16.6 Å². The number of nitriles is 1.